The minimum Gasteiger partial charge on any atom is -0.495 e. The summed E-state index contributed by atoms with van der Waals surface area (Å²) in [6.07, 6.45) is 0. The third kappa shape index (κ3) is 2.49. The molecule has 0 spiro atoms. The van der Waals surface area contributed by atoms with Gasteiger partial charge in [0.2, 0.25) is 0 Å². The maximum Gasteiger partial charge on any atom is 0.177 e. The van der Waals surface area contributed by atoms with Crippen molar-refractivity contribution in [3.8, 4) is 5.75 Å². The van der Waals surface area contributed by atoms with Crippen LogP contribution in [0, 0.1) is 3.57 Å². The van der Waals surface area contributed by atoms with Crippen LogP contribution >= 0.6 is 54.5 Å². The molecule has 0 bridgehead atoms. The molecule has 1 aromatic rings. The van der Waals surface area contributed by atoms with Crippen LogP contribution in [0.4, 0.5) is 0 Å². The van der Waals surface area contributed by atoms with Crippen LogP contribution in [0.15, 0.2) is 16.6 Å². The summed E-state index contributed by atoms with van der Waals surface area (Å²) < 4.78 is 7.03. The zero-order chi connectivity index (χ0) is 10.7. The Labute approximate surface area is 113 Å². The van der Waals surface area contributed by atoms with Gasteiger partial charge in [-0.3, -0.25) is 4.79 Å². The number of methoxy groups -OCH3 is 1. The summed E-state index contributed by atoms with van der Waals surface area (Å²) in [5.74, 6) is 0.611. The van der Waals surface area contributed by atoms with Crippen LogP contribution in [-0.2, 0) is 0 Å². The van der Waals surface area contributed by atoms with Crippen molar-refractivity contribution < 1.29 is 9.53 Å². The van der Waals surface area contributed by atoms with E-state index >= 15 is 0 Å². The average Bonchev–Trinajstić information content (AvgIpc) is 2.20. The molecule has 1 aromatic carbocycles. The van der Waals surface area contributed by atoms with Crippen LogP contribution in [0.3, 0.4) is 0 Å². The number of carbonyl (C=O) groups is 1. The third-order valence-corrected chi connectivity index (χ3v) is 4.61. The molecule has 0 radical (unpaired) electrons. The number of alkyl halides is 1. The molecule has 1 rings (SSSR count). The number of benzene rings is 1. The van der Waals surface area contributed by atoms with E-state index in [1.165, 1.54) is 0 Å². The summed E-state index contributed by atoms with van der Waals surface area (Å²) in [5.41, 5.74) is 0.594. The van der Waals surface area contributed by atoms with E-state index in [0.717, 1.165) is 8.04 Å². The largest absolute Gasteiger partial charge is 0.495 e. The first kappa shape index (κ1) is 12.4. The summed E-state index contributed by atoms with van der Waals surface area (Å²) in [7, 11) is 1.56. The predicted molar refractivity (Wildman–Crippen MR) is 71.5 cm³/mol. The Kier molecular flexibility index (Phi) is 4.86. The van der Waals surface area contributed by atoms with Gasteiger partial charge in [-0.25, -0.2) is 0 Å². The maximum atomic E-state index is 11.5. The number of carbonyl (C=O) groups excluding carboxylic acids is 1. The van der Waals surface area contributed by atoms with E-state index in [9.17, 15) is 4.79 Å². The van der Waals surface area contributed by atoms with Gasteiger partial charge in [0.05, 0.1) is 22.5 Å². The quantitative estimate of drug-likeness (QED) is 0.413. The second-order valence-corrected chi connectivity index (χ2v) is 5.01. The molecule has 76 valence electrons. The van der Waals surface area contributed by atoms with Crippen LogP contribution in [-0.4, -0.2) is 18.2 Å². The lowest BCUT2D eigenvalue weighted by Crippen LogP contribution is -2.04. The topological polar surface area (TPSA) is 26.3 Å². The van der Waals surface area contributed by atoms with E-state index in [2.05, 4.69) is 54.5 Å². The van der Waals surface area contributed by atoms with E-state index in [-0.39, 0.29) is 5.78 Å². The van der Waals surface area contributed by atoms with Gasteiger partial charge < -0.3 is 4.74 Å². The van der Waals surface area contributed by atoms with Crippen LogP contribution in [0.5, 0.6) is 5.75 Å². The van der Waals surface area contributed by atoms with Gasteiger partial charge in [0.25, 0.3) is 0 Å². The van der Waals surface area contributed by atoms with Crippen LogP contribution in [0.1, 0.15) is 10.4 Å². The Balaban J connectivity index is 3.31. The van der Waals surface area contributed by atoms with Gasteiger partial charge in [-0.05, 0) is 50.7 Å². The zero-order valence-corrected chi connectivity index (χ0v) is 12.6. The molecule has 0 aliphatic rings. The van der Waals surface area contributed by atoms with Gasteiger partial charge in [0.15, 0.2) is 5.78 Å². The van der Waals surface area contributed by atoms with Gasteiger partial charge in [-0.15, -0.1) is 0 Å². The number of hydrogen-bond donors (Lipinski definition) is 0. The van der Waals surface area contributed by atoms with Gasteiger partial charge in [0.1, 0.15) is 5.75 Å². The third-order valence-electron chi connectivity index (χ3n) is 1.68. The summed E-state index contributed by atoms with van der Waals surface area (Å²) in [5, 5.41) is 0.302. The molecule has 0 aromatic heterocycles. The smallest absolute Gasteiger partial charge is 0.177 e. The van der Waals surface area contributed by atoms with E-state index in [1.54, 1.807) is 13.2 Å². The van der Waals surface area contributed by atoms with Gasteiger partial charge in [0, 0.05) is 3.57 Å². The first-order chi connectivity index (χ1) is 6.61. The number of ether oxygens (including phenoxy) is 1. The van der Waals surface area contributed by atoms with Gasteiger partial charge in [-0.2, -0.15) is 0 Å². The molecule has 0 aliphatic heterocycles. The summed E-state index contributed by atoms with van der Waals surface area (Å²) in [4.78, 5) is 11.5. The molecule has 0 aliphatic carbocycles. The van der Waals surface area contributed by atoms with Crippen LogP contribution < -0.4 is 4.74 Å². The standard InChI is InChI=1S/C9H7Br2IO2/c1-14-9-5(7(13)4-10)2-3-6(12)8(9)11/h2-3H,4H2,1H3. The van der Waals surface area contributed by atoms with Gasteiger partial charge in [-0.1, -0.05) is 15.9 Å². The second-order valence-electron chi connectivity index (χ2n) is 2.50. The summed E-state index contributed by atoms with van der Waals surface area (Å²) in [6.45, 7) is 0. The SMILES string of the molecule is COc1c(C(=O)CBr)ccc(I)c1Br. The normalized spacial score (nSPS) is 10.0. The monoisotopic (exact) mass is 432 g/mol. The molecule has 0 amide bonds. The molecule has 0 heterocycles. The fourth-order valence-electron chi connectivity index (χ4n) is 1.02. The van der Waals surface area contributed by atoms with E-state index < -0.39 is 0 Å². The van der Waals surface area contributed by atoms with Crippen molar-refractivity contribution in [2.45, 2.75) is 0 Å². The molecule has 0 N–H and O–H groups in total. The number of halogens is 3. The molecular formula is C9H7Br2IO2. The minimum absolute atomic E-state index is 0.0129. The molecule has 14 heavy (non-hydrogen) atoms. The van der Waals surface area contributed by atoms with Gasteiger partial charge >= 0.3 is 0 Å². The maximum absolute atomic E-state index is 11.5. The number of rotatable bonds is 3. The lowest BCUT2D eigenvalue weighted by molar-refractivity contribution is 0.102. The average molecular weight is 434 g/mol. The van der Waals surface area contributed by atoms with Crippen LogP contribution in [0.2, 0.25) is 0 Å². The number of hydrogen-bond acceptors (Lipinski definition) is 2. The van der Waals surface area contributed by atoms with Crippen molar-refractivity contribution in [2.24, 2.45) is 0 Å². The van der Waals surface area contributed by atoms with Crippen molar-refractivity contribution in [3.63, 3.8) is 0 Å². The highest BCUT2D eigenvalue weighted by molar-refractivity contribution is 14.1. The van der Waals surface area contributed by atoms with E-state index in [1.807, 2.05) is 6.07 Å². The van der Waals surface area contributed by atoms with Crippen molar-refractivity contribution in [3.05, 3.63) is 25.7 Å². The molecule has 0 unspecified atom stereocenters. The molecule has 0 saturated carbocycles. The Bertz CT molecular complexity index is 366. The molecule has 0 atom stereocenters. The number of Topliss-reactive ketones (excluding diaryl/α,β-unsaturated/α-hetero) is 1. The Morgan fingerprint density at radius 3 is 2.71 bits per heavy atom. The Hall–Kier alpha value is 0.380. The highest BCUT2D eigenvalue weighted by Crippen LogP contribution is 2.33. The van der Waals surface area contributed by atoms with Crippen molar-refractivity contribution in [1.29, 1.82) is 0 Å². The zero-order valence-electron chi connectivity index (χ0n) is 7.31. The summed E-state index contributed by atoms with van der Waals surface area (Å²) >= 11 is 8.70. The lowest BCUT2D eigenvalue weighted by Gasteiger charge is -2.09. The fourth-order valence-corrected chi connectivity index (χ4v) is 2.26. The molecule has 2 nitrogen and oxygen atoms in total. The summed E-state index contributed by atoms with van der Waals surface area (Å²) in [6, 6.07) is 3.65. The lowest BCUT2D eigenvalue weighted by atomic mass is 10.1. The minimum atomic E-state index is 0.0129. The first-order valence-electron chi connectivity index (χ1n) is 3.73. The second kappa shape index (κ2) is 5.46. The highest BCUT2D eigenvalue weighted by atomic mass is 127. The number of ketones is 1. The van der Waals surface area contributed by atoms with Crippen molar-refractivity contribution >= 4 is 60.2 Å². The van der Waals surface area contributed by atoms with Crippen molar-refractivity contribution in [1.82, 2.24) is 0 Å². The van der Waals surface area contributed by atoms with E-state index in [0.29, 0.717) is 16.6 Å². The highest BCUT2D eigenvalue weighted by Gasteiger charge is 2.15. The Morgan fingerprint density at radius 2 is 2.21 bits per heavy atom. The predicted octanol–water partition coefficient (Wildman–Crippen LogP) is 3.64. The molecule has 0 fully saturated rings. The van der Waals surface area contributed by atoms with Crippen LogP contribution in [0.25, 0.3) is 0 Å². The fraction of sp³-hybridized carbons (Fsp3) is 0.222. The van der Waals surface area contributed by atoms with E-state index in [4.69, 9.17) is 4.74 Å². The molecule has 5 heteroatoms. The van der Waals surface area contributed by atoms with Crippen molar-refractivity contribution in [2.75, 3.05) is 12.4 Å². The molecular weight excluding hydrogens is 427 g/mol. The molecule has 0 saturated heterocycles. The Morgan fingerprint density at radius 1 is 1.57 bits per heavy atom. The first-order valence-corrected chi connectivity index (χ1v) is 6.72.